The minimum absolute atomic E-state index is 0.0633. The Labute approximate surface area is 209 Å². The van der Waals surface area contributed by atoms with Crippen LogP contribution in [0, 0.1) is 0 Å². The Morgan fingerprint density at radius 3 is 2.60 bits per heavy atom. The average molecular weight is 516 g/mol. The average Bonchev–Trinajstić information content (AvgIpc) is 3.57. The number of sulfonamides is 1. The number of ether oxygens (including phenoxy) is 2. The molecule has 2 fully saturated rings. The van der Waals surface area contributed by atoms with Crippen molar-refractivity contribution in [3.63, 3.8) is 0 Å². The molecule has 1 unspecified atom stereocenters. The molecule has 8 nitrogen and oxygen atoms in total. The van der Waals surface area contributed by atoms with Crippen LogP contribution in [-0.4, -0.2) is 63.1 Å². The predicted molar refractivity (Wildman–Crippen MR) is 136 cm³/mol. The molecule has 1 amide bonds. The van der Waals surface area contributed by atoms with E-state index in [1.165, 1.54) is 27.8 Å². The number of methoxy groups -OCH3 is 1. The van der Waals surface area contributed by atoms with E-state index in [1.807, 2.05) is 18.2 Å². The number of aromatic nitrogens is 1. The van der Waals surface area contributed by atoms with Crippen molar-refractivity contribution in [3.8, 4) is 5.75 Å². The van der Waals surface area contributed by atoms with E-state index in [0.29, 0.717) is 48.2 Å². The Morgan fingerprint density at radius 1 is 1.14 bits per heavy atom. The zero-order chi connectivity index (χ0) is 24.4. The highest BCUT2D eigenvalue weighted by Gasteiger charge is 2.29. The number of nitrogens with zero attached hydrogens (tertiary/aromatic N) is 3. The van der Waals surface area contributed by atoms with Crippen molar-refractivity contribution >= 4 is 42.6 Å². The van der Waals surface area contributed by atoms with E-state index in [4.69, 9.17) is 14.5 Å². The Morgan fingerprint density at radius 2 is 1.91 bits per heavy atom. The van der Waals surface area contributed by atoms with Crippen LogP contribution >= 0.6 is 11.3 Å². The van der Waals surface area contributed by atoms with Crippen LogP contribution in [0.4, 0.5) is 5.13 Å². The lowest BCUT2D eigenvalue weighted by Crippen LogP contribution is -2.37. The first kappa shape index (κ1) is 24.2. The summed E-state index contributed by atoms with van der Waals surface area (Å²) in [5, 5.41) is 0.565. The van der Waals surface area contributed by atoms with Gasteiger partial charge in [0.2, 0.25) is 10.0 Å². The van der Waals surface area contributed by atoms with Gasteiger partial charge in [-0.25, -0.2) is 13.4 Å². The molecular weight excluding hydrogens is 486 g/mol. The second-order valence-corrected chi connectivity index (χ2v) is 11.8. The molecule has 0 spiro atoms. The highest BCUT2D eigenvalue weighted by Crippen LogP contribution is 2.35. The van der Waals surface area contributed by atoms with Crippen LogP contribution in [0.25, 0.3) is 10.2 Å². The number of hydrogen-bond acceptors (Lipinski definition) is 7. The van der Waals surface area contributed by atoms with E-state index in [1.54, 1.807) is 24.1 Å². The maximum Gasteiger partial charge on any atom is 0.260 e. The molecule has 2 aromatic carbocycles. The number of thiazole rings is 1. The van der Waals surface area contributed by atoms with Crippen molar-refractivity contribution in [2.45, 2.75) is 43.1 Å². The summed E-state index contributed by atoms with van der Waals surface area (Å²) in [4.78, 5) is 20.3. The van der Waals surface area contributed by atoms with Crippen molar-refractivity contribution in [3.05, 3.63) is 48.0 Å². The number of para-hydroxylation sites is 1. The number of benzene rings is 2. The molecule has 10 heteroatoms. The third kappa shape index (κ3) is 4.93. The number of carbonyl (C=O) groups excluding carboxylic acids is 1. The van der Waals surface area contributed by atoms with Gasteiger partial charge in [0.25, 0.3) is 5.91 Å². The number of amides is 1. The van der Waals surface area contributed by atoms with Gasteiger partial charge in [0.1, 0.15) is 11.3 Å². The highest BCUT2D eigenvalue weighted by molar-refractivity contribution is 7.89. The van der Waals surface area contributed by atoms with Crippen LogP contribution < -0.4 is 9.64 Å². The Bertz CT molecular complexity index is 1290. The zero-order valence-corrected chi connectivity index (χ0v) is 21.3. The molecule has 2 aliphatic heterocycles. The minimum Gasteiger partial charge on any atom is -0.494 e. The summed E-state index contributed by atoms with van der Waals surface area (Å²) in [6.45, 7) is 2.15. The molecule has 2 saturated heterocycles. The Balaban J connectivity index is 1.44. The Hall–Kier alpha value is -2.53. The van der Waals surface area contributed by atoms with Crippen molar-refractivity contribution < 1.29 is 22.7 Å². The topological polar surface area (TPSA) is 89.0 Å². The second-order valence-electron chi connectivity index (χ2n) is 8.84. The fourth-order valence-electron chi connectivity index (χ4n) is 4.61. The number of rotatable bonds is 7. The van der Waals surface area contributed by atoms with Gasteiger partial charge in [0.05, 0.1) is 29.4 Å². The van der Waals surface area contributed by atoms with Crippen molar-refractivity contribution in [2.24, 2.45) is 0 Å². The second kappa shape index (κ2) is 10.2. The number of fused-ring (bicyclic) bond motifs is 1. The summed E-state index contributed by atoms with van der Waals surface area (Å²) >= 11 is 1.42. The van der Waals surface area contributed by atoms with E-state index in [-0.39, 0.29) is 16.9 Å². The van der Waals surface area contributed by atoms with E-state index < -0.39 is 10.0 Å². The normalized spacial score (nSPS) is 19.2. The van der Waals surface area contributed by atoms with Gasteiger partial charge in [-0.15, -0.1) is 0 Å². The summed E-state index contributed by atoms with van der Waals surface area (Å²) in [5.74, 6) is 0.419. The molecule has 35 heavy (non-hydrogen) atoms. The number of hydrogen-bond donors (Lipinski definition) is 0. The predicted octanol–water partition coefficient (Wildman–Crippen LogP) is 4.31. The fraction of sp³-hybridized carbons (Fsp3) is 0.440. The smallest absolute Gasteiger partial charge is 0.260 e. The molecule has 1 atom stereocenters. The summed E-state index contributed by atoms with van der Waals surface area (Å²) in [6, 6.07) is 11.9. The van der Waals surface area contributed by atoms with Gasteiger partial charge in [-0.2, -0.15) is 4.31 Å². The van der Waals surface area contributed by atoms with Crippen molar-refractivity contribution in [1.82, 2.24) is 9.29 Å². The molecule has 3 heterocycles. The number of piperidine rings is 1. The summed E-state index contributed by atoms with van der Waals surface area (Å²) in [6.07, 6.45) is 4.58. The lowest BCUT2D eigenvalue weighted by atomic mass is 10.2. The first-order valence-corrected chi connectivity index (χ1v) is 14.2. The minimum atomic E-state index is -3.56. The van der Waals surface area contributed by atoms with Crippen LogP contribution in [0.5, 0.6) is 5.75 Å². The van der Waals surface area contributed by atoms with Gasteiger partial charge in [-0.3, -0.25) is 9.69 Å². The molecule has 3 aromatic rings. The van der Waals surface area contributed by atoms with Gasteiger partial charge in [0.15, 0.2) is 5.13 Å². The highest BCUT2D eigenvalue weighted by atomic mass is 32.2. The quantitative estimate of drug-likeness (QED) is 0.466. The van der Waals surface area contributed by atoms with Crippen LogP contribution in [0.2, 0.25) is 0 Å². The fourth-order valence-corrected chi connectivity index (χ4v) is 7.12. The van der Waals surface area contributed by atoms with Crippen LogP contribution in [-0.2, 0) is 14.8 Å². The van der Waals surface area contributed by atoms with E-state index in [0.717, 1.165) is 36.8 Å². The van der Waals surface area contributed by atoms with Gasteiger partial charge >= 0.3 is 0 Å². The van der Waals surface area contributed by atoms with Crippen LogP contribution in [0.3, 0.4) is 0 Å². The number of anilines is 1. The number of carbonyl (C=O) groups is 1. The van der Waals surface area contributed by atoms with Crippen LogP contribution in [0.15, 0.2) is 47.4 Å². The molecule has 0 bridgehead atoms. The van der Waals surface area contributed by atoms with Gasteiger partial charge in [0, 0.05) is 25.3 Å². The standard InChI is InChI=1S/C25H29N3O5S2/c1-32-21-8-5-9-22-23(21)26-25(34-22)28(17-19-7-6-16-33-19)24(29)18-10-12-20(13-11-18)35(30,31)27-14-3-2-4-15-27/h5,8-13,19H,2-4,6-7,14-17H2,1H3. The first-order valence-electron chi connectivity index (χ1n) is 11.9. The maximum atomic E-state index is 13.7. The molecule has 186 valence electrons. The third-order valence-corrected chi connectivity index (χ3v) is 9.49. The molecule has 0 saturated carbocycles. The largest absolute Gasteiger partial charge is 0.494 e. The van der Waals surface area contributed by atoms with Gasteiger partial charge < -0.3 is 9.47 Å². The van der Waals surface area contributed by atoms with Crippen molar-refractivity contribution in [1.29, 1.82) is 0 Å². The van der Waals surface area contributed by atoms with E-state index in [2.05, 4.69) is 0 Å². The third-order valence-electron chi connectivity index (χ3n) is 6.53. The molecule has 5 rings (SSSR count). The van der Waals surface area contributed by atoms with E-state index >= 15 is 0 Å². The Kier molecular flexibility index (Phi) is 7.06. The van der Waals surface area contributed by atoms with Crippen LogP contribution in [0.1, 0.15) is 42.5 Å². The molecule has 2 aliphatic rings. The zero-order valence-electron chi connectivity index (χ0n) is 19.7. The van der Waals surface area contributed by atoms with E-state index in [9.17, 15) is 13.2 Å². The molecule has 1 aromatic heterocycles. The van der Waals surface area contributed by atoms with Crippen molar-refractivity contribution in [2.75, 3.05) is 38.3 Å². The monoisotopic (exact) mass is 515 g/mol. The van der Waals surface area contributed by atoms with Gasteiger partial charge in [-0.1, -0.05) is 23.8 Å². The molecule has 0 radical (unpaired) electrons. The SMILES string of the molecule is COc1cccc2sc(N(CC3CCCO3)C(=O)c3ccc(S(=O)(=O)N4CCCCC4)cc3)nc12. The van der Waals surface area contributed by atoms with Gasteiger partial charge in [-0.05, 0) is 62.1 Å². The lowest BCUT2D eigenvalue weighted by molar-refractivity contribution is 0.0917. The lowest BCUT2D eigenvalue weighted by Gasteiger charge is -2.26. The summed E-state index contributed by atoms with van der Waals surface area (Å²) < 4.78 is 39.7. The molecular formula is C25H29N3O5S2. The molecule has 0 aliphatic carbocycles. The first-order chi connectivity index (χ1) is 17.0. The molecule has 0 N–H and O–H groups in total. The maximum absolute atomic E-state index is 13.7. The summed E-state index contributed by atoms with van der Waals surface area (Å²) in [7, 11) is -1.96. The summed E-state index contributed by atoms with van der Waals surface area (Å²) in [5.41, 5.74) is 1.12.